The zero-order chi connectivity index (χ0) is 7.11. The second-order valence-electron chi connectivity index (χ2n) is 2.68. The Hall–Kier alpha value is -0.330. The SMILES string of the molecule is C1CCCC1.CC(C)=O. The Labute approximate surface area is 57.5 Å². The average molecular weight is 128 g/mol. The van der Waals surface area contributed by atoms with Gasteiger partial charge in [0, 0.05) is 0 Å². The van der Waals surface area contributed by atoms with Crippen LogP contribution in [0.15, 0.2) is 0 Å². The van der Waals surface area contributed by atoms with Crippen molar-refractivity contribution in [2.24, 2.45) is 0 Å². The average Bonchev–Trinajstić information content (AvgIpc) is 2.11. The highest BCUT2D eigenvalue weighted by atomic mass is 16.1. The maximum absolute atomic E-state index is 9.44. The molecule has 54 valence electrons. The number of rotatable bonds is 0. The van der Waals surface area contributed by atoms with Crippen LogP contribution in [-0.2, 0) is 4.79 Å². The lowest BCUT2D eigenvalue weighted by atomic mass is 10.4. The van der Waals surface area contributed by atoms with Crippen LogP contribution < -0.4 is 0 Å². The molecule has 0 amide bonds. The van der Waals surface area contributed by atoms with E-state index in [1.807, 2.05) is 0 Å². The van der Waals surface area contributed by atoms with Gasteiger partial charge in [-0.15, -0.1) is 0 Å². The van der Waals surface area contributed by atoms with E-state index in [4.69, 9.17) is 0 Å². The first-order valence-electron chi connectivity index (χ1n) is 3.70. The van der Waals surface area contributed by atoms with E-state index in [1.54, 1.807) is 0 Å². The standard InChI is InChI=1S/C5H10.C3H6O/c1-2-4-5-3-1;1-3(2)4/h1-5H2;1-2H3. The van der Waals surface area contributed by atoms with E-state index >= 15 is 0 Å². The lowest BCUT2D eigenvalue weighted by Crippen LogP contribution is -1.69. The molecule has 0 spiro atoms. The molecule has 9 heavy (non-hydrogen) atoms. The maximum Gasteiger partial charge on any atom is 0.126 e. The fourth-order valence-corrected chi connectivity index (χ4v) is 0.884. The van der Waals surface area contributed by atoms with Gasteiger partial charge in [0.05, 0.1) is 0 Å². The molecule has 0 aliphatic heterocycles. The van der Waals surface area contributed by atoms with Gasteiger partial charge in [0.25, 0.3) is 0 Å². The van der Waals surface area contributed by atoms with Gasteiger partial charge in [-0.2, -0.15) is 0 Å². The third-order valence-electron chi connectivity index (χ3n) is 1.25. The molecule has 0 atom stereocenters. The number of hydrogen-bond donors (Lipinski definition) is 0. The lowest BCUT2D eigenvalue weighted by molar-refractivity contribution is -0.114. The molecule has 1 rings (SSSR count). The molecular formula is C8H16O. The summed E-state index contributed by atoms with van der Waals surface area (Å²) in [6, 6.07) is 0. The maximum atomic E-state index is 9.44. The van der Waals surface area contributed by atoms with Crippen molar-refractivity contribution in [3.05, 3.63) is 0 Å². The highest BCUT2D eigenvalue weighted by molar-refractivity contribution is 5.72. The van der Waals surface area contributed by atoms with E-state index in [1.165, 1.54) is 46.0 Å². The molecule has 0 aromatic rings. The van der Waals surface area contributed by atoms with E-state index < -0.39 is 0 Å². The van der Waals surface area contributed by atoms with Gasteiger partial charge in [-0.05, 0) is 13.8 Å². The molecule has 1 aliphatic carbocycles. The van der Waals surface area contributed by atoms with Crippen molar-refractivity contribution in [1.29, 1.82) is 0 Å². The molecule has 0 heterocycles. The number of hydrogen-bond acceptors (Lipinski definition) is 1. The van der Waals surface area contributed by atoms with Crippen LogP contribution in [0.5, 0.6) is 0 Å². The second kappa shape index (κ2) is 5.80. The van der Waals surface area contributed by atoms with E-state index in [9.17, 15) is 4.79 Å². The van der Waals surface area contributed by atoms with Crippen LogP contribution in [0, 0.1) is 0 Å². The molecule has 1 fully saturated rings. The van der Waals surface area contributed by atoms with Crippen molar-refractivity contribution in [3.63, 3.8) is 0 Å². The van der Waals surface area contributed by atoms with E-state index in [0.29, 0.717) is 0 Å². The fourth-order valence-electron chi connectivity index (χ4n) is 0.884. The number of Topliss-reactive ketones (excluding diaryl/α,β-unsaturated/α-hetero) is 1. The summed E-state index contributed by atoms with van der Waals surface area (Å²) in [6.07, 6.45) is 7.50. The minimum Gasteiger partial charge on any atom is -0.300 e. The summed E-state index contributed by atoms with van der Waals surface area (Å²) >= 11 is 0. The Morgan fingerprint density at radius 3 is 1.11 bits per heavy atom. The zero-order valence-corrected chi connectivity index (χ0v) is 6.44. The largest absolute Gasteiger partial charge is 0.300 e. The highest BCUT2D eigenvalue weighted by Gasteiger charge is 1.95. The molecule has 1 nitrogen and oxygen atoms in total. The van der Waals surface area contributed by atoms with Crippen LogP contribution >= 0.6 is 0 Å². The summed E-state index contributed by atoms with van der Waals surface area (Å²) in [5.41, 5.74) is 0. The minimum atomic E-state index is 0.167. The molecule has 1 aliphatic rings. The fraction of sp³-hybridized carbons (Fsp3) is 0.875. The number of carbonyl (C=O) groups is 1. The molecule has 0 radical (unpaired) electrons. The Morgan fingerprint density at radius 1 is 0.889 bits per heavy atom. The predicted octanol–water partition coefficient (Wildman–Crippen LogP) is 2.55. The monoisotopic (exact) mass is 128 g/mol. The third kappa shape index (κ3) is 11.3. The van der Waals surface area contributed by atoms with Crippen molar-refractivity contribution < 1.29 is 4.79 Å². The predicted molar refractivity (Wildman–Crippen MR) is 39.4 cm³/mol. The topological polar surface area (TPSA) is 17.1 Å². The van der Waals surface area contributed by atoms with Crippen LogP contribution in [0.4, 0.5) is 0 Å². The summed E-state index contributed by atoms with van der Waals surface area (Å²) in [6.45, 7) is 3.06. The van der Waals surface area contributed by atoms with E-state index in [2.05, 4.69) is 0 Å². The van der Waals surface area contributed by atoms with E-state index in [-0.39, 0.29) is 5.78 Å². The van der Waals surface area contributed by atoms with Crippen molar-refractivity contribution in [2.45, 2.75) is 46.0 Å². The van der Waals surface area contributed by atoms with Gasteiger partial charge < -0.3 is 4.79 Å². The third-order valence-corrected chi connectivity index (χ3v) is 1.25. The first-order chi connectivity index (χ1) is 4.23. The normalized spacial score (nSPS) is 16.2. The Kier molecular flexibility index (Phi) is 5.59. The minimum absolute atomic E-state index is 0.167. The lowest BCUT2D eigenvalue weighted by Gasteiger charge is -1.67. The van der Waals surface area contributed by atoms with E-state index in [0.717, 1.165) is 0 Å². The summed E-state index contributed by atoms with van der Waals surface area (Å²) < 4.78 is 0. The quantitative estimate of drug-likeness (QED) is 0.490. The highest BCUT2D eigenvalue weighted by Crippen LogP contribution is 2.15. The van der Waals surface area contributed by atoms with Gasteiger partial charge in [0.15, 0.2) is 0 Å². The molecular weight excluding hydrogens is 112 g/mol. The summed E-state index contributed by atoms with van der Waals surface area (Å²) in [4.78, 5) is 9.44. The Balaban J connectivity index is 0.000000148. The van der Waals surface area contributed by atoms with Gasteiger partial charge in [-0.1, -0.05) is 32.1 Å². The van der Waals surface area contributed by atoms with Crippen molar-refractivity contribution in [2.75, 3.05) is 0 Å². The van der Waals surface area contributed by atoms with Crippen molar-refractivity contribution >= 4 is 5.78 Å². The Bertz CT molecular complexity index is 61.0. The van der Waals surface area contributed by atoms with Crippen LogP contribution in [0.2, 0.25) is 0 Å². The molecule has 0 bridgehead atoms. The molecule has 0 N–H and O–H groups in total. The smallest absolute Gasteiger partial charge is 0.126 e. The van der Waals surface area contributed by atoms with Crippen LogP contribution in [0.1, 0.15) is 46.0 Å². The molecule has 1 saturated carbocycles. The van der Waals surface area contributed by atoms with Gasteiger partial charge >= 0.3 is 0 Å². The van der Waals surface area contributed by atoms with Gasteiger partial charge in [0.2, 0.25) is 0 Å². The van der Waals surface area contributed by atoms with Gasteiger partial charge in [-0.3, -0.25) is 0 Å². The molecule has 0 saturated heterocycles. The molecule has 0 aromatic carbocycles. The number of carbonyl (C=O) groups excluding carboxylic acids is 1. The van der Waals surface area contributed by atoms with Crippen molar-refractivity contribution in [1.82, 2.24) is 0 Å². The molecule has 1 heteroatoms. The van der Waals surface area contributed by atoms with Crippen LogP contribution in [-0.4, -0.2) is 5.78 Å². The summed E-state index contributed by atoms with van der Waals surface area (Å²) in [5.74, 6) is 0.167. The number of ketones is 1. The van der Waals surface area contributed by atoms with Gasteiger partial charge in [0.1, 0.15) is 5.78 Å². The Morgan fingerprint density at radius 2 is 1.00 bits per heavy atom. The second-order valence-corrected chi connectivity index (χ2v) is 2.68. The summed E-state index contributed by atoms with van der Waals surface area (Å²) in [5, 5.41) is 0. The van der Waals surface area contributed by atoms with Crippen LogP contribution in [0.3, 0.4) is 0 Å². The first kappa shape index (κ1) is 8.67. The summed E-state index contributed by atoms with van der Waals surface area (Å²) in [7, 11) is 0. The van der Waals surface area contributed by atoms with Gasteiger partial charge in [-0.25, -0.2) is 0 Å². The molecule has 0 unspecified atom stereocenters. The first-order valence-corrected chi connectivity index (χ1v) is 3.70. The van der Waals surface area contributed by atoms with Crippen molar-refractivity contribution in [3.8, 4) is 0 Å². The zero-order valence-electron chi connectivity index (χ0n) is 6.44. The molecule has 0 aromatic heterocycles. The van der Waals surface area contributed by atoms with Crippen LogP contribution in [0.25, 0.3) is 0 Å².